The van der Waals surface area contributed by atoms with Crippen molar-refractivity contribution in [3.05, 3.63) is 59.2 Å². The first-order chi connectivity index (χ1) is 11.9. The Morgan fingerprint density at radius 1 is 0.692 bits per heavy atom. The molecule has 26 heavy (non-hydrogen) atoms. The molecule has 0 bridgehead atoms. The highest BCUT2D eigenvalue weighted by Gasteiger charge is 2.20. The van der Waals surface area contributed by atoms with Crippen LogP contribution in [0, 0.1) is 0 Å². The Bertz CT molecular complexity index is 738. The monoisotopic (exact) mass is 378 g/mol. The van der Waals surface area contributed by atoms with E-state index in [4.69, 9.17) is 19.2 Å². The molecule has 0 atom stereocenters. The zero-order valence-electron chi connectivity index (χ0n) is 16.5. The summed E-state index contributed by atoms with van der Waals surface area (Å²) in [5, 5.41) is 0. The summed E-state index contributed by atoms with van der Waals surface area (Å²) in [7, 11) is -4.64. The van der Waals surface area contributed by atoms with Crippen LogP contribution in [0.15, 0.2) is 42.5 Å². The van der Waals surface area contributed by atoms with Gasteiger partial charge in [0.15, 0.2) is 0 Å². The minimum absolute atomic E-state index is 0.538. The van der Waals surface area contributed by atoms with Gasteiger partial charge in [-0.15, -0.1) is 0 Å². The molecule has 0 unspecified atom stereocenters. The second-order valence-electron chi connectivity index (χ2n) is 7.37. The number of hydrogen-bond donors (Lipinski definition) is 3. The first-order valence-corrected chi connectivity index (χ1v) is 10.5. The van der Waals surface area contributed by atoms with Crippen molar-refractivity contribution in [1.82, 2.24) is 0 Å². The topological polar surface area (TPSA) is 77.8 Å². The normalized spacial score (nSPS) is 11.7. The quantitative estimate of drug-likeness (QED) is 0.588. The molecule has 0 aliphatic carbocycles. The molecule has 144 valence electrons. The Morgan fingerprint density at radius 3 is 1.54 bits per heavy atom. The molecular formula is C21H31O4P. The zero-order chi connectivity index (χ0) is 20.1. The third kappa shape index (κ3) is 6.69. The zero-order valence-corrected chi connectivity index (χ0v) is 17.4. The lowest BCUT2D eigenvalue weighted by atomic mass is 9.79. The van der Waals surface area contributed by atoms with Gasteiger partial charge in [0.2, 0.25) is 0 Å². The molecule has 0 saturated heterocycles. The van der Waals surface area contributed by atoms with Gasteiger partial charge in [-0.25, -0.2) is 4.57 Å². The second kappa shape index (κ2) is 9.48. The van der Waals surface area contributed by atoms with Gasteiger partial charge in [-0.2, -0.15) is 0 Å². The van der Waals surface area contributed by atoms with Crippen LogP contribution in [-0.4, -0.2) is 14.7 Å². The van der Waals surface area contributed by atoms with E-state index in [2.05, 4.69) is 84.0 Å². The van der Waals surface area contributed by atoms with Crippen LogP contribution >= 0.6 is 7.82 Å². The van der Waals surface area contributed by atoms with E-state index in [-0.39, 0.29) is 0 Å². The lowest BCUT2D eigenvalue weighted by Crippen LogP contribution is -2.07. The van der Waals surface area contributed by atoms with Crippen LogP contribution in [-0.2, 0) is 4.57 Å². The smallest absolute Gasteiger partial charge is 0.303 e. The molecule has 5 heteroatoms. The molecule has 0 saturated carbocycles. The van der Waals surface area contributed by atoms with Gasteiger partial charge in [-0.1, -0.05) is 84.0 Å². The van der Waals surface area contributed by atoms with Gasteiger partial charge in [0.05, 0.1) is 0 Å². The minimum Gasteiger partial charge on any atom is -0.303 e. The van der Waals surface area contributed by atoms with E-state index in [1.807, 2.05) is 0 Å². The van der Waals surface area contributed by atoms with Crippen LogP contribution in [0.25, 0.3) is 11.1 Å². The fraction of sp³-hybridized carbons (Fsp3) is 0.429. The van der Waals surface area contributed by atoms with Crippen molar-refractivity contribution in [2.24, 2.45) is 0 Å². The summed E-state index contributed by atoms with van der Waals surface area (Å²) in [5.41, 5.74) is 7.33. The van der Waals surface area contributed by atoms with Crippen LogP contribution in [0.3, 0.4) is 0 Å². The Kier molecular flexibility index (Phi) is 8.23. The van der Waals surface area contributed by atoms with Crippen LogP contribution in [0.2, 0.25) is 0 Å². The van der Waals surface area contributed by atoms with Gasteiger partial charge in [-0.3, -0.25) is 0 Å². The molecule has 2 aromatic rings. The van der Waals surface area contributed by atoms with Crippen molar-refractivity contribution in [3.8, 4) is 11.1 Å². The SMILES string of the molecule is CC(C)c1ccc(-c2ccccc2)c(C(C)C)c1C(C)C.O=P(O)(O)O. The van der Waals surface area contributed by atoms with Gasteiger partial charge in [0.25, 0.3) is 0 Å². The fourth-order valence-electron chi connectivity index (χ4n) is 3.29. The van der Waals surface area contributed by atoms with Gasteiger partial charge in [0, 0.05) is 0 Å². The number of hydrogen-bond acceptors (Lipinski definition) is 1. The van der Waals surface area contributed by atoms with Crippen LogP contribution in [0.4, 0.5) is 0 Å². The predicted molar refractivity (Wildman–Crippen MR) is 108 cm³/mol. The molecule has 0 radical (unpaired) electrons. The maximum Gasteiger partial charge on any atom is 0.466 e. The van der Waals surface area contributed by atoms with E-state index in [0.717, 1.165) is 0 Å². The summed E-state index contributed by atoms with van der Waals surface area (Å²) in [6.07, 6.45) is 0. The van der Waals surface area contributed by atoms with Crippen molar-refractivity contribution >= 4 is 7.82 Å². The van der Waals surface area contributed by atoms with E-state index in [9.17, 15) is 0 Å². The summed E-state index contributed by atoms with van der Waals surface area (Å²) in [6, 6.07) is 15.5. The average Bonchev–Trinajstić information content (AvgIpc) is 2.52. The lowest BCUT2D eigenvalue weighted by molar-refractivity contribution is 0.275. The van der Waals surface area contributed by atoms with Gasteiger partial charge >= 0.3 is 7.82 Å². The van der Waals surface area contributed by atoms with Crippen LogP contribution in [0.5, 0.6) is 0 Å². The van der Waals surface area contributed by atoms with Crippen molar-refractivity contribution < 1.29 is 19.2 Å². The van der Waals surface area contributed by atoms with Gasteiger partial charge in [0.1, 0.15) is 0 Å². The highest BCUT2D eigenvalue weighted by molar-refractivity contribution is 7.45. The molecule has 3 N–H and O–H groups in total. The molecule has 0 aliphatic heterocycles. The molecular weight excluding hydrogens is 347 g/mol. The van der Waals surface area contributed by atoms with Crippen molar-refractivity contribution in [2.75, 3.05) is 0 Å². The minimum atomic E-state index is -4.64. The Balaban J connectivity index is 0.000000597. The molecule has 2 aromatic carbocycles. The molecule has 0 aromatic heterocycles. The molecule has 2 rings (SSSR count). The third-order valence-corrected chi connectivity index (χ3v) is 4.18. The highest BCUT2D eigenvalue weighted by atomic mass is 31.2. The largest absolute Gasteiger partial charge is 0.466 e. The van der Waals surface area contributed by atoms with Gasteiger partial charge < -0.3 is 14.7 Å². The molecule has 0 spiro atoms. The standard InChI is InChI=1S/C21H28.H3O4P/c1-14(2)18-12-13-19(17-10-8-7-9-11-17)21(16(5)6)20(18)15(3)4;1-5(2,3)4/h7-16H,1-6H3;(H3,1,2,3,4). The molecule has 0 fully saturated rings. The van der Waals surface area contributed by atoms with Crippen molar-refractivity contribution in [2.45, 2.75) is 59.3 Å². The van der Waals surface area contributed by atoms with Crippen LogP contribution < -0.4 is 0 Å². The van der Waals surface area contributed by atoms with E-state index >= 15 is 0 Å². The van der Waals surface area contributed by atoms with Crippen molar-refractivity contribution in [3.63, 3.8) is 0 Å². The van der Waals surface area contributed by atoms with E-state index in [0.29, 0.717) is 17.8 Å². The average molecular weight is 378 g/mol. The molecule has 0 aliphatic rings. The molecule has 4 nitrogen and oxygen atoms in total. The lowest BCUT2D eigenvalue weighted by Gasteiger charge is -2.25. The summed E-state index contributed by atoms with van der Waals surface area (Å²) in [4.78, 5) is 21.6. The summed E-state index contributed by atoms with van der Waals surface area (Å²) in [5.74, 6) is 1.67. The Morgan fingerprint density at radius 2 is 1.15 bits per heavy atom. The van der Waals surface area contributed by atoms with Crippen LogP contribution in [0.1, 0.15) is 76.0 Å². The van der Waals surface area contributed by atoms with Crippen molar-refractivity contribution in [1.29, 1.82) is 0 Å². The Hall–Kier alpha value is -1.45. The fourth-order valence-corrected chi connectivity index (χ4v) is 3.29. The first-order valence-electron chi connectivity index (χ1n) is 8.93. The third-order valence-electron chi connectivity index (χ3n) is 4.18. The maximum atomic E-state index is 8.88. The van der Waals surface area contributed by atoms with E-state index in [1.165, 1.54) is 22.3 Å². The van der Waals surface area contributed by atoms with E-state index < -0.39 is 7.82 Å². The number of phosphoric acid groups is 1. The summed E-state index contributed by atoms with van der Waals surface area (Å²) < 4.78 is 8.88. The molecule has 0 amide bonds. The highest BCUT2D eigenvalue weighted by Crippen LogP contribution is 2.39. The van der Waals surface area contributed by atoms with Gasteiger partial charge in [-0.05, 0) is 45.6 Å². The summed E-state index contributed by atoms with van der Waals surface area (Å²) in [6.45, 7) is 13.9. The summed E-state index contributed by atoms with van der Waals surface area (Å²) >= 11 is 0. The molecule has 0 heterocycles. The first kappa shape index (κ1) is 22.6. The number of benzene rings is 2. The maximum absolute atomic E-state index is 8.88. The Labute approximate surface area is 157 Å². The van der Waals surface area contributed by atoms with E-state index in [1.54, 1.807) is 5.56 Å². The second-order valence-corrected chi connectivity index (χ2v) is 8.40. The number of rotatable bonds is 4. The predicted octanol–water partition coefficient (Wildman–Crippen LogP) is 5.80.